The summed E-state index contributed by atoms with van der Waals surface area (Å²) in [6, 6.07) is 7.02. The Bertz CT molecular complexity index is 545. The third kappa shape index (κ3) is 2.94. The number of carbonyl (C=O) groups excluding carboxylic acids is 1. The van der Waals surface area contributed by atoms with Gasteiger partial charge in [-0.15, -0.1) is 0 Å². The van der Waals surface area contributed by atoms with Gasteiger partial charge in [0.2, 0.25) is 0 Å². The first-order chi connectivity index (χ1) is 9.56. The molecule has 2 rings (SSSR count). The Morgan fingerprint density at radius 1 is 1.40 bits per heavy atom. The molecule has 0 unspecified atom stereocenters. The number of hydrogen-bond donors (Lipinski definition) is 2. The van der Waals surface area contributed by atoms with E-state index in [0.29, 0.717) is 29.8 Å². The Morgan fingerprint density at radius 2 is 2.10 bits per heavy atom. The van der Waals surface area contributed by atoms with Crippen molar-refractivity contribution in [2.24, 2.45) is 5.73 Å². The first kappa shape index (κ1) is 14.0. The molecule has 0 radical (unpaired) electrons. The summed E-state index contributed by atoms with van der Waals surface area (Å²) in [7, 11) is 0. The fourth-order valence-corrected chi connectivity index (χ4v) is 2.51. The Balaban J connectivity index is 2.13. The fraction of sp³-hybridized carbons (Fsp3) is 0.429. The Kier molecular flexibility index (Phi) is 3.99. The van der Waals surface area contributed by atoms with Crippen molar-refractivity contribution in [3.8, 4) is 11.8 Å². The highest BCUT2D eigenvalue weighted by Gasteiger charge is 2.38. The lowest BCUT2D eigenvalue weighted by Crippen LogP contribution is -2.40. The third-order valence-corrected chi connectivity index (χ3v) is 3.49. The van der Waals surface area contributed by atoms with Crippen molar-refractivity contribution in [1.29, 1.82) is 5.26 Å². The van der Waals surface area contributed by atoms with Gasteiger partial charge in [-0.2, -0.15) is 5.26 Å². The maximum Gasteiger partial charge on any atom is 0.405 e. The van der Waals surface area contributed by atoms with E-state index in [-0.39, 0.29) is 6.61 Å². The minimum Gasteiger partial charge on any atom is -0.488 e. The molecule has 0 spiro atoms. The summed E-state index contributed by atoms with van der Waals surface area (Å²) < 4.78 is 10.9. The second kappa shape index (κ2) is 5.70. The van der Waals surface area contributed by atoms with E-state index in [4.69, 9.17) is 26.2 Å². The second-order valence-electron chi connectivity index (χ2n) is 4.93. The number of nitrogens with zero attached hydrogens (tertiary/aromatic N) is 1. The maximum absolute atomic E-state index is 11.0. The third-order valence-electron chi connectivity index (χ3n) is 3.49. The average Bonchev–Trinajstić information content (AvgIpc) is 2.84. The molecule has 0 atom stereocenters. The predicted octanol–water partition coefficient (Wildman–Crippen LogP) is 1.93. The predicted molar refractivity (Wildman–Crippen MR) is 72.9 cm³/mol. The van der Waals surface area contributed by atoms with Crippen molar-refractivity contribution in [2.45, 2.75) is 31.3 Å². The molecule has 0 heterocycles. The molecule has 1 fully saturated rings. The van der Waals surface area contributed by atoms with Crippen LogP contribution in [0.25, 0.3) is 0 Å². The van der Waals surface area contributed by atoms with Crippen molar-refractivity contribution in [3.05, 3.63) is 23.8 Å². The molecular weight excluding hydrogens is 258 g/mol. The lowest BCUT2D eigenvalue weighted by molar-refractivity contribution is -0.0134. The zero-order valence-corrected chi connectivity index (χ0v) is 11.1. The lowest BCUT2D eigenvalue weighted by atomic mass is 10.0. The van der Waals surface area contributed by atoms with Gasteiger partial charge in [0.25, 0.3) is 0 Å². The van der Waals surface area contributed by atoms with Gasteiger partial charge in [0.1, 0.15) is 29.6 Å². The Hall–Kier alpha value is -2.42. The first-order valence-corrected chi connectivity index (χ1v) is 6.46. The zero-order valence-electron chi connectivity index (χ0n) is 11.1. The van der Waals surface area contributed by atoms with Crippen LogP contribution in [0, 0.1) is 11.3 Å². The molecule has 1 aromatic carbocycles. The quantitative estimate of drug-likeness (QED) is 0.815. The monoisotopic (exact) mass is 275 g/mol. The fourth-order valence-electron chi connectivity index (χ4n) is 2.51. The van der Waals surface area contributed by atoms with Crippen LogP contribution >= 0.6 is 0 Å². The summed E-state index contributed by atoms with van der Waals surface area (Å²) in [5.41, 5.74) is 10.8. The highest BCUT2D eigenvalue weighted by molar-refractivity contribution is 5.65. The van der Waals surface area contributed by atoms with Crippen molar-refractivity contribution in [3.63, 3.8) is 0 Å². The summed E-state index contributed by atoms with van der Waals surface area (Å²) >= 11 is 0. The Labute approximate surface area is 117 Å². The highest BCUT2D eigenvalue weighted by Crippen LogP contribution is 2.34. The van der Waals surface area contributed by atoms with Crippen LogP contribution in [-0.2, 0) is 4.74 Å². The van der Waals surface area contributed by atoms with Crippen LogP contribution < -0.4 is 16.2 Å². The summed E-state index contributed by atoms with van der Waals surface area (Å²) in [5.74, 6) is 0.395. The number of primary amides is 1. The molecule has 106 valence electrons. The number of nitrogens with two attached hydrogens (primary N) is 2. The van der Waals surface area contributed by atoms with Crippen LogP contribution in [0.3, 0.4) is 0 Å². The minimum atomic E-state index is -0.802. The number of rotatable bonds is 4. The molecule has 0 bridgehead atoms. The molecular formula is C14H17N3O3. The molecule has 1 aliphatic rings. The first-order valence-electron chi connectivity index (χ1n) is 6.46. The van der Waals surface area contributed by atoms with Crippen LogP contribution in [0.1, 0.15) is 31.2 Å². The average molecular weight is 275 g/mol. The summed E-state index contributed by atoms with van der Waals surface area (Å²) in [6.45, 7) is 0.175. The molecule has 6 heteroatoms. The normalized spacial score (nSPS) is 16.4. The summed E-state index contributed by atoms with van der Waals surface area (Å²) in [6.07, 6.45) is 2.53. The lowest BCUT2D eigenvalue weighted by Gasteiger charge is -2.28. The van der Waals surface area contributed by atoms with Gasteiger partial charge in [-0.1, -0.05) is 6.07 Å². The summed E-state index contributed by atoms with van der Waals surface area (Å²) in [5, 5.41) is 9.09. The molecule has 0 saturated heterocycles. The zero-order chi connectivity index (χ0) is 14.6. The van der Waals surface area contributed by atoms with E-state index >= 15 is 0 Å². The van der Waals surface area contributed by atoms with Crippen LogP contribution in [0.15, 0.2) is 18.2 Å². The van der Waals surface area contributed by atoms with Crippen LogP contribution in [-0.4, -0.2) is 18.3 Å². The molecule has 1 saturated carbocycles. The van der Waals surface area contributed by atoms with Gasteiger partial charge in [0.15, 0.2) is 0 Å². The SMILES string of the molecule is N#Cc1c(N)cccc1OCC1(OC(N)=O)CCCC1. The number of benzene rings is 1. The molecule has 1 aromatic rings. The van der Waals surface area contributed by atoms with E-state index in [2.05, 4.69) is 0 Å². The molecule has 0 aliphatic heterocycles. The largest absolute Gasteiger partial charge is 0.488 e. The molecule has 4 N–H and O–H groups in total. The number of ether oxygens (including phenoxy) is 2. The van der Waals surface area contributed by atoms with E-state index in [1.165, 1.54) is 0 Å². The smallest absolute Gasteiger partial charge is 0.405 e. The van der Waals surface area contributed by atoms with E-state index in [1.54, 1.807) is 18.2 Å². The standard InChI is InChI=1S/C14H17N3O3/c15-8-10-11(16)4-3-5-12(10)19-9-14(20-13(17)18)6-1-2-7-14/h3-5H,1-2,6-7,9,16H2,(H2,17,18). The van der Waals surface area contributed by atoms with Gasteiger partial charge in [0.05, 0.1) is 5.69 Å². The van der Waals surface area contributed by atoms with E-state index in [0.717, 1.165) is 12.8 Å². The van der Waals surface area contributed by atoms with Gasteiger partial charge in [-0.3, -0.25) is 0 Å². The Morgan fingerprint density at radius 3 is 2.70 bits per heavy atom. The van der Waals surface area contributed by atoms with E-state index in [1.807, 2.05) is 6.07 Å². The van der Waals surface area contributed by atoms with Crippen LogP contribution in [0.2, 0.25) is 0 Å². The van der Waals surface area contributed by atoms with Gasteiger partial charge < -0.3 is 20.9 Å². The van der Waals surface area contributed by atoms with E-state index in [9.17, 15) is 4.79 Å². The van der Waals surface area contributed by atoms with Gasteiger partial charge in [0, 0.05) is 0 Å². The summed E-state index contributed by atoms with van der Waals surface area (Å²) in [4.78, 5) is 11.0. The van der Waals surface area contributed by atoms with Crippen molar-refractivity contribution in [1.82, 2.24) is 0 Å². The molecule has 1 amide bonds. The molecule has 20 heavy (non-hydrogen) atoms. The minimum absolute atomic E-state index is 0.175. The molecule has 6 nitrogen and oxygen atoms in total. The van der Waals surface area contributed by atoms with E-state index < -0.39 is 11.7 Å². The highest BCUT2D eigenvalue weighted by atomic mass is 16.6. The van der Waals surface area contributed by atoms with Crippen molar-refractivity contribution < 1.29 is 14.3 Å². The number of nitrogen functional groups attached to an aromatic ring is 1. The van der Waals surface area contributed by atoms with Gasteiger partial charge >= 0.3 is 6.09 Å². The molecule has 1 aliphatic carbocycles. The number of anilines is 1. The van der Waals surface area contributed by atoms with Crippen molar-refractivity contribution >= 4 is 11.8 Å². The van der Waals surface area contributed by atoms with Crippen LogP contribution in [0.5, 0.6) is 5.75 Å². The molecule has 0 aromatic heterocycles. The number of amides is 1. The van der Waals surface area contributed by atoms with Gasteiger partial charge in [-0.05, 0) is 37.8 Å². The second-order valence-corrected chi connectivity index (χ2v) is 4.93. The number of carbonyl (C=O) groups is 1. The van der Waals surface area contributed by atoms with Crippen LogP contribution in [0.4, 0.5) is 10.5 Å². The van der Waals surface area contributed by atoms with Crippen molar-refractivity contribution in [2.75, 3.05) is 12.3 Å². The number of hydrogen-bond acceptors (Lipinski definition) is 5. The number of nitriles is 1. The maximum atomic E-state index is 11.0. The topological polar surface area (TPSA) is 111 Å². The van der Waals surface area contributed by atoms with Gasteiger partial charge in [-0.25, -0.2) is 4.79 Å².